The first-order valence-electron chi connectivity index (χ1n) is 5.51. The third-order valence-electron chi connectivity index (χ3n) is 2.45. The summed E-state index contributed by atoms with van der Waals surface area (Å²) in [7, 11) is 0. The van der Waals surface area contributed by atoms with Gasteiger partial charge >= 0.3 is 12.3 Å². The lowest BCUT2D eigenvalue weighted by atomic mass is 10.1. The topological polar surface area (TPSA) is 59.4 Å². The van der Waals surface area contributed by atoms with Crippen LogP contribution in [0, 0.1) is 5.82 Å². The maximum Gasteiger partial charge on any atom is 0.573 e. The van der Waals surface area contributed by atoms with Crippen molar-refractivity contribution in [3.8, 4) is 17.0 Å². The quantitative estimate of drug-likeness (QED) is 0.882. The van der Waals surface area contributed by atoms with Crippen molar-refractivity contribution in [1.82, 2.24) is 4.98 Å². The molecule has 8 heteroatoms. The zero-order chi connectivity index (χ0) is 15.6. The Bertz CT molecular complexity index is 668. The second-order valence-electron chi connectivity index (χ2n) is 3.93. The van der Waals surface area contributed by atoms with Gasteiger partial charge in [-0.15, -0.1) is 13.2 Å². The van der Waals surface area contributed by atoms with Crippen molar-refractivity contribution in [3.05, 3.63) is 47.9 Å². The maximum absolute atomic E-state index is 13.0. The summed E-state index contributed by atoms with van der Waals surface area (Å²) in [6.07, 6.45) is -4.00. The van der Waals surface area contributed by atoms with Crippen molar-refractivity contribution in [2.75, 3.05) is 0 Å². The summed E-state index contributed by atoms with van der Waals surface area (Å²) in [4.78, 5) is 14.7. The summed E-state index contributed by atoms with van der Waals surface area (Å²) < 4.78 is 52.8. The highest BCUT2D eigenvalue weighted by molar-refractivity contribution is 5.94. The van der Waals surface area contributed by atoms with Crippen molar-refractivity contribution in [3.63, 3.8) is 0 Å². The van der Waals surface area contributed by atoms with Crippen LogP contribution in [0.3, 0.4) is 0 Å². The monoisotopic (exact) mass is 301 g/mol. The lowest BCUT2D eigenvalue weighted by molar-refractivity contribution is -0.274. The summed E-state index contributed by atoms with van der Waals surface area (Å²) in [5.41, 5.74) is -0.219. The number of benzene rings is 1. The number of pyridine rings is 1. The first kappa shape index (κ1) is 14.8. The normalized spacial score (nSPS) is 11.2. The molecule has 0 spiro atoms. The fourth-order valence-electron chi connectivity index (χ4n) is 1.65. The van der Waals surface area contributed by atoms with Crippen LogP contribution in [0.15, 0.2) is 36.5 Å². The molecule has 4 nitrogen and oxygen atoms in total. The molecule has 2 aromatic rings. The molecule has 0 fully saturated rings. The molecule has 0 aliphatic heterocycles. The largest absolute Gasteiger partial charge is 0.573 e. The molecule has 2 rings (SSSR count). The molecule has 110 valence electrons. The van der Waals surface area contributed by atoms with Crippen LogP contribution in [-0.4, -0.2) is 22.4 Å². The molecular weight excluding hydrogens is 294 g/mol. The zero-order valence-corrected chi connectivity index (χ0v) is 10.2. The van der Waals surface area contributed by atoms with Crippen LogP contribution >= 0.6 is 0 Å². The van der Waals surface area contributed by atoms with Gasteiger partial charge < -0.3 is 9.84 Å². The van der Waals surface area contributed by atoms with E-state index in [0.717, 1.165) is 24.4 Å². The Morgan fingerprint density at radius 2 is 1.81 bits per heavy atom. The van der Waals surface area contributed by atoms with E-state index in [2.05, 4.69) is 9.72 Å². The standard InChI is InChI=1S/C13H7F4NO3/c14-8-5-10(12(19)20)11(18-6-8)7-1-3-9(4-2-7)21-13(15,16)17/h1-6H,(H,19,20). The van der Waals surface area contributed by atoms with Gasteiger partial charge in [0.1, 0.15) is 11.6 Å². The van der Waals surface area contributed by atoms with Crippen LogP contribution < -0.4 is 4.74 Å². The van der Waals surface area contributed by atoms with E-state index in [-0.39, 0.29) is 16.8 Å². The zero-order valence-electron chi connectivity index (χ0n) is 10.2. The highest BCUT2D eigenvalue weighted by Gasteiger charge is 2.31. The van der Waals surface area contributed by atoms with Crippen molar-refractivity contribution in [2.24, 2.45) is 0 Å². The SMILES string of the molecule is O=C(O)c1cc(F)cnc1-c1ccc(OC(F)(F)F)cc1. The van der Waals surface area contributed by atoms with E-state index in [1.165, 1.54) is 12.1 Å². The van der Waals surface area contributed by atoms with Crippen molar-refractivity contribution in [2.45, 2.75) is 6.36 Å². The summed E-state index contributed by atoms with van der Waals surface area (Å²) in [5, 5.41) is 8.98. The fraction of sp³-hybridized carbons (Fsp3) is 0.0769. The maximum atomic E-state index is 13.0. The summed E-state index contributed by atoms with van der Waals surface area (Å²) in [6.45, 7) is 0. The Balaban J connectivity index is 2.37. The van der Waals surface area contributed by atoms with Gasteiger partial charge in [-0.2, -0.15) is 0 Å². The van der Waals surface area contributed by atoms with Crippen LogP contribution in [0.1, 0.15) is 10.4 Å². The number of hydrogen-bond donors (Lipinski definition) is 1. The number of carboxylic acid groups (broad SMARTS) is 1. The Morgan fingerprint density at radius 1 is 1.19 bits per heavy atom. The van der Waals surface area contributed by atoms with Gasteiger partial charge in [-0.25, -0.2) is 9.18 Å². The van der Waals surface area contributed by atoms with Crippen molar-refractivity contribution >= 4 is 5.97 Å². The second-order valence-corrected chi connectivity index (χ2v) is 3.93. The van der Waals surface area contributed by atoms with Gasteiger partial charge in [-0.1, -0.05) is 0 Å². The van der Waals surface area contributed by atoms with E-state index in [4.69, 9.17) is 5.11 Å². The molecule has 0 amide bonds. The molecule has 1 aromatic heterocycles. The average molecular weight is 301 g/mol. The molecule has 0 bridgehead atoms. The molecule has 0 unspecified atom stereocenters. The predicted octanol–water partition coefficient (Wildman–Crippen LogP) is 3.48. The van der Waals surface area contributed by atoms with E-state index >= 15 is 0 Å². The number of rotatable bonds is 3. The van der Waals surface area contributed by atoms with Gasteiger partial charge in [-0.3, -0.25) is 4.98 Å². The van der Waals surface area contributed by atoms with E-state index < -0.39 is 23.9 Å². The number of nitrogens with zero attached hydrogens (tertiary/aromatic N) is 1. The molecule has 0 atom stereocenters. The van der Waals surface area contributed by atoms with Crippen LogP contribution in [-0.2, 0) is 0 Å². The number of ether oxygens (including phenoxy) is 1. The van der Waals surface area contributed by atoms with E-state index in [9.17, 15) is 22.4 Å². The van der Waals surface area contributed by atoms with Crippen molar-refractivity contribution < 1.29 is 32.2 Å². The molecule has 0 aliphatic carbocycles. The molecule has 1 N–H and O–H groups in total. The highest BCUT2D eigenvalue weighted by atomic mass is 19.4. The number of aromatic carboxylic acids is 1. The molecule has 0 aliphatic rings. The van der Waals surface area contributed by atoms with Gasteiger partial charge in [0.15, 0.2) is 0 Å². The second kappa shape index (κ2) is 5.39. The number of aromatic nitrogens is 1. The summed E-state index contributed by atoms with van der Waals surface area (Å²) in [5.74, 6) is -2.67. The third kappa shape index (κ3) is 3.68. The minimum atomic E-state index is -4.82. The number of alkyl halides is 3. The first-order valence-corrected chi connectivity index (χ1v) is 5.51. The Kier molecular flexibility index (Phi) is 3.79. The molecule has 0 saturated heterocycles. The molecule has 21 heavy (non-hydrogen) atoms. The molecule has 1 heterocycles. The number of halogens is 4. The van der Waals surface area contributed by atoms with Gasteiger partial charge in [0.25, 0.3) is 0 Å². The summed E-state index contributed by atoms with van der Waals surface area (Å²) in [6, 6.07) is 5.21. The molecule has 1 aromatic carbocycles. The minimum Gasteiger partial charge on any atom is -0.478 e. The van der Waals surface area contributed by atoms with Crippen LogP contribution in [0.4, 0.5) is 17.6 Å². The molecule has 0 saturated carbocycles. The van der Waals surface area contributed by atoms with Gasteiger partial charge in [0.2, 0.25) is 0 Å². The molecule has 0 radical (unpaired) electrons. The van der Waals surface area contributed by atoms with Crippen LogP contribution in [0.25, 0.3) is 11.3 Å². The van der Waals surface area contributed by atoms with Gasteiger partial charge in [0, 0.05) is 5.56 Å². The summed E-state index contributed by atoms with van der Waals surface area (Å²) >= 11 is 0. The Hall–Kier alpha value is -2.64. The Labute approximate surface area is 115 Å². The van der Waals surface area contributed by atoms with E-state index in [1.807, 2.05) is 0 Å². The van der Waals surface area contributed by atoms with Crippen LogP contribution in [0.2, 0.25) is 0 Å². The number of carbonyl (C=O) groups is 1. The average Bonchev–Trinajstić information content (AvgIpc) is 2.38. The highest BCUT2D eigenvalue weighted by Crippen LogP contribution is 2.27. The minimum absolute atomic E-state index is 0.0533. The third-order valence-corrected chi connectivity index (χ3v) is 2.45. The lowest BCUT2D eigenvalue weighted by Crippen LogP contribution is -2.16. The number of hydrogen-bond acceptors (Lipinski definition) is 3. The Morgan fingerprint density at radius 3 is 2.33 bits per heavy atom. The van der Waals surface area contributed by atoms with Crippen LogP contribution in [0.5, 0.6) is 5.75 Å². The molecular formula is C13H7F4NO3. The predicted molar refractivity (Wildman–Crippen MR) is 63.3 cm³/mol. The number of carboxylic acids is 1. The van der Waals surface area contributed by atoms with Gasteiger partial charge in [-0.05, 0) is 30.3 Å². The fourth-order valence-corrected chi connectivity index (χ4v) is 1.65. The smallest absolute Gasteiger partial charge is 0.478 e. The van der Waals surface area contributed by atoms with E-state index in [0.29, 0.717) is 0 Å². The lowest BCUT2D eigenvalue weighted by Gasteiger charge is -2.10. The van der Waals surface area contributed by atoms with Crippen molar-refractivity contribution in [1.29, 1.82) is 0 Å². The van der Waals surface area contributed by atoms with E-state index in [1.54, 1.807) is 0 Å². The first-order chi connectivity index (χ1) is 9.76. The van der Waals surface area contributed by atoms with Gasteiger partial charge in [0.05, 0.1) is 17.5 Å².